The van der Waals surface area contributed by atoms with Crippen LogP contribution in [-0.4, -0.2) is 52.0 Å². The number of hydrogen-bond donors (Lipinski definition) is 2. The number of benzene rings is 1. The van der Waals surface area contributed by atoms with E-state index in [1.807, 2.05) is 6.26 Å². The van der Waals surface area contributed by atoms with Crippen molar-refractivity contribution in [2.75, 3.05) is 25.7 Å². The first kappa shape index (κ1) is 22.5. The Morgan fingerprint density at radius 3 is 2.69 bits per heavy atom. The van der Waals surface area contributed by atoms with Gasteiger partial charge in [-0.2, -0.15) is 11.8 Å². The molecule has 0 heterocycles. The molecule has 0 saturated carbocycles. The van der Waals surface area contributed by atoms with Crippen molar-refractivity contribution >= 4 is 45.3 Å². The molecule has 0 aliphatic carbocycles. The largest absolute Gasteiger partial charge is 0.467 e. The third-order valence-corrected chi connectivity index (χ3v) is 5.85. The Morgan fingerprint density at radius 2 is 2.12 bits per heavy atom. The number of amides is 1. The van der Waals surface area contributed by atoms with E-state index in [1.54, 1.807) is 0 Å². The van der Waals surface area contributed by atoms with Crippen molar-refractivity contribution in [2.45, 2.75) is 17.4 Å². The molecule has 10 heteroatoms. The van der Waals surface area contributed by atoms with Crippen LogP contribution >= 0.6 is 23.4 Å². The topological polar surface area (TPSA) is 102 Å². The molecule has 0 radical (unpaired) electrons. The van der Waals surface area contributed by atoms with Crippen LogP contribution in [0.15, 0.2) is 35.7 Å². The summed E-state index contributed by atoms with van der Waals surface area (Å²) < 4.78 is 31.5. The van der Waals surface area contributed by atoms with Crippen molar-refractivity contribution in [3.8, 4) is 0 Å². The highest BCUT2D eigenvalue weighted by molar-refractivity contribution is 7.98. The van der Waals surface area contributed by atoms with Gasteiger partial charge in [0.25, 0.3) is 5.91 Å². The fourth-order valence-corrected chi connectivity index (χ4v) is 3.96. The Kier molecular flexibility index (Phi) is 9.14. The molecule has 1 rings (SSSR count). The zero-order valence-corrected chi connectivity index (χ0v) is 16.8. The number of methoxy groups -OCH3 is 1. The SMILES string of the molecule is C=CCNS(=O)(=O)c1cc(C(=O)N[C@H](CCSC)C(=O)OC)ccc1Cl. The van der Waals surface area contributed by atoms with Gasteiger partial charge in [0.15, 0.2) is 0 Å². The van der Waals surface area contributed by atoms with Crippen LogP contribution in [0.25, 0.3) is 0 Å². The van der Waals surface area contributed by atoms with Crippen molar-refractivity contribution < 1.29 is 22.7 Å². The molecule has 26 heavy (non-hydrogen) atoms. The van der Waals surface area contributed by atoms with Crippen molar-refractivity contribution in [3.05, 3.63) is 41.4 Å². The first-order valence-corrected chi connectivity index (χ1v) is 10.8. The molecule has 0 unspecified atom stereocenters. The van der Waals surface area contributed by atoms with E-state index in [0.717, 1.165) is 6.07 Å². The summed E-state index contributed by atoms with van der Waals surface area (Å²) in [6, 6.07) is 3.03. The maximum absolute atomic E-state index is 12.4. The molecule has 0 aromatic heterocycles. The van der Waals surface area contributed by atoms with Crippen molar-refractivity contribution in [1.29, 1.82) is 0 Å². The van der Waals surface area contributed by atoms with Gasteiger partial charge in [0.2, 0.25) is 10.0 Å². The predicted molar refractivity (Wildman–Crippen MR) is 103 cm³/mol. The van der Waals surface area contributed by atoms with Crippen molar-refractivity contribution in [1.82, 2.24) is 10.0 Å². The van der Waals surface area contributed by atoms with E-state index in [1.165, 1.54) is 37.1 Å². The molecular weight excluding hydrogens is 400 g/mol. The van der Waals surface area contributed by atoms with Gasteiger partial charge in [-0.15, -0.1) is 6.58 Å². The van der Waals surface area contributed by atoms with Crippen LogP contribution < -0.4 is 10.0 Å². The third kappa shape index (κ3) is 6.31. The number of carbonyl (C=O) groups excluding carboxylic acids is 2. The fourth-order valence-electron chi connectivity index (χ4n) is 1.97. The Labute approximate surface area is 162 Å². The van der Waals surface area contributed by atoms with Crippen LogP contribution in [0, 0.1) is 0 Å². The molecule has 1 aromatic carbocycles. The number of esters is 1. The molecule has 144 valence electrons. The maximum Gasteiger partial charge on any atom is 0.328 e. The third-order valence-electron chi connectivity index (χ3n) is 3.30. The van der Waals surface area contributed by atoms with Crippen LogP contribution in [0.5, 0.6) is 0 Å². The smallest absolute Gasteiger partial charge is 0.328 e. The number of nitrogens with one attached hydrogen (secondary N) is 2. The molecule has 2 N–H and O–H groups in total. The molecular formula is C16H21ClN2O5S2. The molecule has 1 amide bonds. The molecule has 0 fully saturated rings. The van der Waals surface area contributed by atoms with Gasteiger partial charge in [-0.25, -0.2) is 17.9 Å². The second-order valence-corrected chi connectivity index (χ2v) is 8.24. The van der Waals surface area contributed by atoms with E-state index in [0.29, 0.717) is 12.2 Å². The summed E-state index contributed by atoms with van der Waals surface area (Å²) in [5.74, 6) is -0.522. The summed E-state index contributed by atoms with van der Waals surface area (Å²) in [5.41, 5.74) is 0.0615. The van der Waals surface area contributed by atoms with E-state index < -0.39 is 27.9 Å². The molecule has 0 saturated heterocycles. The lowest BCUT2D eigenvalue weighted by Gasteiger charge is -2.16. The van der Waals surface area contributed by atoms with Gasteiger partial charge in [0.05, 0.1) is 12.1 Å². The Morgan fingerprint density at radius 1 is 1.42 bits per heavy atom. The van der Waals surface area contributed by atoms with E-state index in [2.05, 4.69) is 21.4 Å². The van der Waals surface area contributed by atoms with Gasteiger partial charge in [0, 0.05) is 12.1 Å². The monoisotopic (exact) mass is 420 g/mol. The number of sulfonamides is 1. The van der Waals surface area contributed by atoms with Gasteiger partial charge in [0.1, 0.15) is 10.9 Å². The summed E-state index contributed by atoms with van der Waals surface area (Å²) >= 11 is 7.48. The highest BCUT2D eigenvalue weighted by Crippen LogP contribution is 2.22. The summed E-state index contributed by atoms with van der Waals surface area (Å²) in [5, 5.41) is 2.54. The number of ether oxygens (including phenoxy) is 1. The number of carbonyl (C=O) groups is 2. The van der Waals surface area contributed by atoms with E-state index in [9.17, 15) is 18.0 Å². The summed E-state index contributed by atoms with van der Waals surface area (Å²) in [7, 11) is -2.67. The molecule has 1 atom stereocenters. The van der Waals surface area contributed by atoms with Gasteiger partial charge in [-0.1, -0.05) is 17.7 Å². The molecule has 7 nitrogen and oxygen atoms in total. The van der Waals surface area contributed by atoms with E-state index in [-0.39, 0.29) is 22.0 Å². The standard InChI is InChI=1S/C16H21ClN2O5S2/c1-4-8-18-26(22,23)14-10-11(5-6-12(14)17)15(20)19-13(7-9-25-3)16(21)24-2/h4-6,10,13,18H,1,7-9H2,2-3H3,(H,19,20)/t13-/m1/s1. The second kappa shape index (κ2) is 10.6. The number of rotatable bonds is 10. The number of thioether (sulfide) groups is 1. The van der Waals surface area contributed by atoms with E-state index >= 15 is 0 Å². The normalized spacial score (nSPS) is 12.3. The lowest BCUT2D eigenvalue weighted by Crippen LogP contribution is -2.42. The maximum atomic E-state index is 12.4. The Balaban J connectivity index is 3.07. The second-order valence-electron chi connectivity index (χ2n) is 5.12. The minimum absolute atomic E-state index is 0.0220. The number of halogens is 1. The lowest BCUT2D eigenvalue weighted by atomic mass is 10.1. The zero-order chi connectivity index (χ0) is 19.7. The van der Waals surface area contributed by atoms with Crippen LogP contribution in [0.4, 0.5) is 0 Å². The quantitative estimate of drug-likeness (QED) is 0.442. The minimum atomic E-state index is -3.90. The van der Waals surface area contributed by atoms with Gasteiger partial charge in [-0.3, -0.25) is 4.79 Å². The fraction of sp³-hybridized carbons (Fsp3) is 0.375. The molecule has 1 aromatic rings. The Hall–Kier alpha value is -1.55. The van der Waals surface area contributed by atoms with Gasteiger partial charge < -0.3 is 10.1 Å². The average molecular weight is 421 g/mol. The molecule has 0 aliphatic heterocycles. The zero-order valence-electron chi connectivity index (χ0n) is 14.5. The average Bonchev–Trinajstić information content (AvgIpc) is 2.62. The highest BCUT2D eigenvalue weighted by atomic mass is 35.5. The highest BCUT2D eigenvalue weighted by Gasteiger charge is 2.24. The lowest BCUT2D eigenvalue weighted by molar-refractivity contribution is -0.142. The van der Waals surface area contributed by atoms with Crippen molar-refractivity contribution in [3.63, 3.8) is 0 Å². The van der Waals surface area contributed by atoms with Gasteiger partial charge in [-0.05, 0) is 36.6 Å². The first-order chi connectivity index (χ1) is 12.3. The summed E-state index contributed by atoms with van der Waals surface area (Å²) in [4.78, 5) is 24.0. The summed E-state index contributed by atoms with van der Waals surface area (Å²) in [6.07, 6.45) is 3.65. The van der Waals surface area contributed by atoms with Crippen LogP contribution in [0.3, 0.4) is 0 Å². The summed E-state index contributed by atoms with van der Waals surface area (Å²) in [6.45, 7) is 3.46. The van der Waals surface area contributed by atoms with Crippen LogP contribution in [0.1, 0.15) is 16.8 Å². The minimum Gasteiger partial charge on any atom is -0.467 e. The van der Waals surface area contributed by atoms with Crippen LogP contribution in [0.2, 0.25) is 5.02 Å². The Bertz CT molecular complexity index is 768. The van der Waals surface area contributed by atoms with Crippen LogP contribution in [-0.2, 0) is 19.6 Å². The predicted octanol–water partition coefficient (Wildman–Crippen LogP) is 1.83. The molecule has 0 spiro atoms. The van der Waals surface area contributed by atoms with Gasteiger partial charge >= 0.3 is 5.97 Å². The number of hydrogen-bond acceptors (Lipinski definition) is 6. The van der Waals surface area contributed by atoms with E-state index in [4.69, 9.17) is 11.6 Å². The van der Waals surface area contributed by atoms with Crippen molar-refractivity contribution in [2.24, 2.45) is 0 Å². The molecule has 0 aliphatic rings. The molecule has 0 bridgehead atoms. The first-order valence-electron chi connectivity index (χ1n) is 7.54.